The Kier molecular flexibility index (Phi) is 6.09. The molecule has 1 aromatic heterocycles. The summed E-state index contributed by atoms with van der Waals surface area (Å²) < 4.78 is 31.7. The first-order valence-corrected chi connectivity index (χ1v) is 9.82. The van der Waals surface area contributed by atoms with E-state index in [1.165, 1.54) is 6.07 Å². The SMILES string of the molecule is O=C(N[C@@H]1c2cccc(C(=O)Nc3ccc(F)c(F)c3)c2C[C@H]1O)OCc1ccccn1. The number of pyridine rings is 1. The number of benzene rings is 2. The van der Waals surface area contributed by atoms with E-state index in [4.69, 9.17) is 4.74 Å². The number of anilines is 1. The van der Waals surface area contributed by atoms with Crippen molar-refractivity contribution in [3.05, 3.63) is 94.8 Å². The minimum absolute atomic E-state index is 0.0287. The first kappa shape index (κ1) is 21.4. The van der Waals surface area contributed by atoms with Crippen LogP contribution in [0.2, 0.25) is 0 Å². The van der Waals surface area contributed by atoms with Gasteiger partial charge in [0.2, 0.25) is 0 Å². The Morgan fingerprint density at radius 3 is 2.69 bits per heavy atom. The van der Waals surface area contributed by atoms with E-state index in [-0.39, 0.29) is 24.3 Å². The Labute approximate surface area is 182 Å². The number of amides is 2. The lowest BCUT2D eigenvalue weighted by Crippen LogP contribution is -2.34. The zero-order chi connectivity index (χ0) is 22.7. The Bertz CT molecular complexity index is 1160. The predicted octanol–water partition coefficient (Wildman–Crippen LogP) is 3.50. The van der Waals surface area contributed by atoms with E-state index in [9.17, 15) is 23.5 Å². The number of carbonyl (C=O) groups excluding carboxylic acids is 2. The van der Waals surface area contributed by atoms with Gasteiger partial charge in [-0.3, -0.25) is 9.78 Å². The highest BCUT2D eigenvalue weighted by Crippen LogP contribution is 2.34. The number of fused-ring (bicyclic) bond motifs is 1. The number of hydrogen-bond acceptors (Lipinski definition) is 5. The lowest BCUT2D eigenvalue weighted by Gasteiger charge is -2.18. The van der Waals surface area contributed by atoms with Gasteiger partial charge in [-0.25, -0.2) is 13.6 Å². The number of hydrogen-bond donors (Lipinski definition) is 3. The van der Waals surface area contributed by atoms with E-state index >= 15 is 0 Å². The van der Waals surface area contributed by atoms with Crippen LogP contribution in [-0.4, -0.2) is 28.2 Å². The first-order chi connectivity index (χ1) is 15.4. The summed E-state index contributed by atoms with van der Waals surface area (Å²) >= 11 is 0. The smallest absolute Gasteiger partial charge is 0.408 e. The second kappa shape index (κ2) is 9.11. The number of carbonyl (C=O) groups is 2. The Hall–Kier alpha value is -3.85. The zero-order valence-electron chi connectivity index (χ0n) is 16.7. The summed E-state index contributed by atoms with van der Waals surface area (Å²) in [6.45, 7) is -0.0287. The Morgan fingerprint density at radius 1 is 1.09 bits per heavy atom. The molecule has 0 fully saturated rings. The van der Waals surface area contributed by atoms with Gasteiger partial charge >= 0.3 is 6.09 Å². The summed E-state index contributed by atoms with van der Waals surface area (Å²) in [6.07, 6.45) is 0.0105. The van der Waals surface area contributed by atoms with Gasteiger partial charge in [-0.2, -0.15) is 0 Å². The Morgan fingerprint density at radius 2 is 1.94 bits per heavy atom. The number of aromatic nitrogens is 1. The largest absolute Gasteiger partial charge is 0.443 e. The lowest BCUT2D eigenvalue weighted by atomic mass is 10.0. The van der Waals surface area contributed by atoms with Crippen molar-refractivity contribution in [2.75, 3.05) is 5.32 Å². The molecule has 3 N–H and O–H groups in total. The van der Waals surface area contributed by atoms with Gasteiger partial charge in [-0.05, 0) is 41.5 Å². The van der Waals surface area contributed by atoms with Gasteiger partial charge in [-0.1, -0.05) is 18.2 Å². The third-order valence-electron chi connectivity index (χ3n) is 5.12. The van der Waals surface area contributed by atoms with Crippen molar-refractivity contribution in [1.29, 1.82) is 0 Å². The standard InChI is InChI=1S/C23H19F2N3O4/c24-18-8-7-13(10-19(18)25)27-22(30)16-6-3-5-15-17(16)11-20(29)21(15)28-23(31)32-12-14-4-1-2-9-26-14/h1-10,20-21,29H,11-12H2,(H,27,30)(H,28,31)/t20-,21-/m1/s1. The number of rotatable bonds is 5. The van der Waals surface area contributed by atoms with Crippen molar-refractivity contribution in [3.63, 3.8) is 0 Å². The number of ether oxygens (including phenoxy) is 1. The summed E-state index contributed by atoms with van der Waals surface area (Å²) in [5.41, 5.74) is 2.06. The molecule has 4 rings (SSSR count). The van der Waals surface area contributed by atoms with Crippen LogP contribution < -0.4 is 10.6 Å². The summed E-state index contributed by atoms with van der Waals surface area (Å²) in [5.74, 6) is -2.64. The fraction of sp³-hybridized carbons (Fsp3) is 0.174. The monoisotopic (exact) mass is 439 g/mol. The molecular weight excluding hydrogens is 420 g/mol. The average molecular weight is 439 g/mol. The van der Waals surface area contributed by atoms with Crippen LogP contribution in [0.15, 0.2) is 60.8 Å². The third kappa shape index (κ3) is 4.57. The molecule has 2 atom stereocenters. The molecule has 0 unspecified atom stereocenters. The Balaban J connectivity index is 1.47. The maximum atomic E-state index is 13.4. The van der Waals surface area contributed by atoms with Crippen LogP contribution in [0.25, 0.3) is 0 Å². The third-order valence-corrected chi connectivity index (χ3v) is 5.12. The summed E-state index contributed by atoms with van der Waals surface area (Å²) in [7, 11) is 0. The zero-order valence-corrected chi connectivity index (χ0v) is 16.7. The number of aliphatic hydroxyl groups is 1. The normalized spacial score (nSPS) is 16.8. The lowest BCUT2D eigenvalue weighted by molar-refractivity contribution is 0.102. The number of aliphatic hydroxyl groups excluding tert-OH is 1. The van der Waals surface area contributed by atoms with Crippen molar-refractivity contribution in [3.8, 4) is 0 Å². The van der Waals surface area contributed by atoms with Gasteiger partial charge in [0.15, 0.2) is 11.6 Å². The molecule has 3 aromatic rings. The van der Waals surface area contributed by atoms with Crippen LogP contribution in [0.4, 0.5) is 19.3 Å². The molecular formula is C23H19F2N3O4. The topological polar surface area (TPSA) is 101 Å². The van der Waals surface area contributed by atoms with Gasteiger partial charge < -0.3 is 20.5 Å². The highest BCUT2D eigenvalue weighted by atomic mass is 19.2. The van der Waals surface area contributed by atoms with Crippen molar-refractivity contribution in [2.45, 2.75) is 25.2 Å². The average Bonchev–Trinajstić information content (AvgIpc) is 3.10. The highest BCUT2D eigenvalue weighted by molar-refractivity contribution is 6.05. The van der Waals surface area contributed by atoms with E-state index < -0.39 is 35.8 Å². The van der Waals surface area contributed by atoms with E-state index in [1.807, 2.05) is 0 Å². The maximum absolute atomic E-state index is 13.4. The molecule has 0 radical (unpaired) electrons. The van der Waals surface area contributed by atoms with Gasteiger partial charge in [0.1, 0.15) is 6.61 Å². The molecule has 0 saturated heterocycles. The van der Waals surface area contributed by atoms with Crippen molar-refractivity contribution in [1.82, 2.24) is 10.3 Å². The van der Waals surface area contributed by atoms with E-state index in [1.54, 1.807) is 42.6 Å². The fourth-order valence-corrected chi connectivity index (χ4v) is 3.61. The van der Waals surface area contributed by atoms with Crippen LogP contribution in [0.3, 0.4) is 0 Å². The molecule has 7 nitrogen and oxygen atoms in total. The molecule has 0 aliphatic heterocycles. The van der Waals surface area contributed by atoms with E-state index in [0.29, 0.717) is 16.8 Å². The second-order valence-corrected chi connectivity index (χ2v) is 7.25. The fourth-order valence-electron chi connectivity index (χ4n) is 3.61. The van der Waals surface area contributed by atoms with Crippen LogP contribution in [0, 0.1) is 11.6 Å². The quantitative estimate of drug-likeness (QED) is 0.565. The summed E-state index contributed by atoms with van der Waals surface area (Å²) in [4.78, 5) is 29.0. The number of alkyl carbamates (subject to hydrolysis) is 1. The molecule has 0 bridgehead atoms. The molecule has 9 heteroatoms. The van der Waals surface area contributed by atoms with E-state index in [2.05, 4.69) is 15.6 Å². The molecule has 1 aliphatic carbocycles. The molecule has 32 heavy (non-hydrogen) atoms. The molecule has 0 spiro atoms. The molecule has 2 amide bonds. The first-order valence-electron chi connectivity index (χ1n) is 9.82. The number of nitrogens with zero attached hydrogens (tertiary/aromatic N) is 1. The van der Waals surface area contributed by atoms with Gasteiger partial charge in [-0.15, -0.1) is 0 Å². The summed E-state index contributed by atoms with van der Waals surface area (Å²) in [5, 5.41) is 15.6. The van der Waals surface area contributed by atoms with Crippen molar-refractivity contribution < 1.29 is 28.2 Å². The molecule has 164 valence electrons. The predicted molar refractivity (Wildman–Crippen MR) is 111 cm³/mol. The summed E-state index contributed by atoms with van der Waals surface area (Å²) in [6, 6.07) is 12.4. The van der Waals surface area contributed by atoms with E-state index in [0.717, 1.165) is 12.1 Å². The highest BCUT2D eigenvalue weighted by Gasteiger charge is 2.35. The van der Waals surface area contributed by atoms with Gasteiger partial charge in [0.25, 0.3) is 5.91 Å². The number of nitrogens with one attached hydrogen (secondary N) is 2. The maximum Gasteiger partial charge on any atom is 0.408 e. The minimum Gasteiger partial charge on any atom is -0.443 e. The number of halogens is 2. The molecule has 2 aromatic carbocycles. The van der Waals surface area contributed by atoms with Crippen molar-refractivity contribution >= 4 is 17.7 Å². The molecule has 0 saturated carbocycles. The van der Waals surface area contributed by atoms with Crippen LogP contribution >= 0.6 is 0 Å². The second-order valence-electron chi connectivity index (χ2n) is 7.25. The molecule has 1 heterocycles. The van der Waals surface area contributed by atoms with Gasteiger partial charge in [0.05, 0.1) is 17.8 Å². The van der Waals surface area contributed by atoms with Gasteiger partial charge in [0, 0.05) is 29.9 Å². The van der Waals surface area contributed by atoms with Crippen molar-refractivity contribution in [2.24, 2.45) is 0 Å². The van der Waals surface area contributed by atoms with Crippen LogP contribution in [-0.2, 0) is 17.8 Å². The van der Waals surface area contributed by atoms with Crippen LogP contribution in [0.5, 0.6) is 0 Å². The van der Waals surface area contributed by atoms with Crippen LogP contribution in [0.1, 0.15) is 33.2 Å². The molecule has 1 aliphatic rings. The minimum atomic E-state index is -1.08.